The van der Waals surface area contributed by atoms with Gasteiger partial charge in [0.05, 0.1) is 5.70 Å². The number of aliphatic imine (C=N–C) groups is 1. The number of allylic oxidation sites excluding steroid dienone is 1. The van der Waals surface area contributed by atoms with Crippen molar-refractivity contribution >= 4 is 6.72 Å². The average molecular weight is 140 g/mol. The van der Waals surface area contributed by atoms with E-state index < -0.39 is 0 Å². The van der Waals surface area contributed by atoms with Gasteiger partial charge in [-0.15, -0.1) is 0 Å². The Morgan fingerprint density at radius 2 is 2.00 bits per heavy atom. The molecule has 0 bridgehead atoms. The normalized spacial score (nSPS) is 13.0. The van der Waals surface area contributed by atoms with E-state index in [2.05, 4.69) is 37.8 Å². The first-order valence-corrected chi connectivity index (χ1v) is 3.37. The first kappa shape index (κ1) is 9.21. The van der Waals surface area contributed by atoms with E-state index in [0.717, 1.165) is 5.70 Å². The van der Waals surface area contributed by atoms with Gasteiger partial charge < -0.3 is 5.32 Å². The Morgan fingerprint density at radius 3 is 2.10 bits per heavy atom. The summed E-state index contributed by atoms with van der Waals surface area (Å²) in [5.41, 5.74) is 1.07. The van der Waals surface area contributed by atoms with Crippen LogP contribution in [0.3, 0.4) is 0 Å². The topological polar surface area (TPSA) is 24.4 Å². The van der Waals surface area contributed by atoms with E-state index in [9.17, 15) is 0 Å². The van der Waals surface area contributed by atoms with Crippen molar-refractivity contribution in [3.05, 3.63) is 11.9 Å². The second kappa shape index (κ2) is 3.40. The molecule has 0 radical (unpaired) electrons. The standard InChI is InChI=1S/C8H16N2/c1-8(2,3)7(10-5)6-9-4/h6,9H,5H2,1-4H3/b7-6-. The largest absolute Gasteiger partial charge is 0.392 e. The molecule has 0 heterocycles. The molecule has 0 aromatic heterocycles. The highest BCUT2D eigenvalue weighted by atomic mass is 14.8. The highest BCUT2D eigenvalue weighted by Gasteiger charge is 2.14. The van der Waals surface area contributed by atoms with Crippen LogP contribution in [0.25, 0.3) is 0 Å². The summed E-state index contributed by atoms with van der Waals surface area (Å²) in [5, 5.41) is 2.93. The molecule has 58 valence electrons. The fourth-order valence-electron chi connectivity index (χ4n) is 0.636. The van der Waals surface area contributed by atoms with Crippen LogP contribution in [-0.2, 0) is 0 Å². The minimum atomic E-state index is 0.0881. The lowest BCUT2D eigenvalue weighted by Crippen LogP contribution is -2.10. The number of nitrogens with one attached hydrogen (secondary N) is 1. The molecule has 0 aromatic rings. The molecule has 0 aromatic carbocycles. The van der Waals surface area contributed by atoms with E-state index >= 15 is 0 Å². The number of hydrogen-bond acceptors (Lipinski definition) is 2. The molecule has 0 aliphatic rings. The Bertz CT molecular complexity index is 140. The first-order chi connectivity index (χ1) is 4.52. The van der Waals surface area contributed by atoms with E-state index in [4.69, 9.17) is 0 Å². The predicted octanol–water partition coefficient (Wildman–Crippen LogP) is 1.79. The van der Waals surface area contributed by atoms with E-state index in [1.165, 1.54) is 0 Å². The molecule has 0 aliphatic carbocycles. The molecule has 0 rings (SSSR count). The smallest absolute Gasteiger partial charge is 0.0605 e. The van der Waals surface area contributed by atoms with Crippen molar-refractivity contribution in [2.75, 3.05) is 7.05 Å². The zero-order valence-electron chi connectivity index (χ0n) is 7.23. The van der Waals surface area contributed by atoms with Crippen LogP contribution in [0.5, 0.6) is 0 Å². The van der Waals surface area contributed by atoms with Crippen LogP contribution in [0, 0.1) is 5.41 Å². The van der Waals surface area contributed by atoms with Gasteiger partial charge in [-0.2, -0.15) is 0 Å². The van der Waals surface area contributed by atoms with E-state index in [-0.39, 0.29) is 5.41 Å². The Balaban J connectivity index is 4.36. The van der Waals surface area contributed by atoms with Gasteiger partial charge in [-0.3, -0.25) is 4.99 Å². The van der Waals surface area contributed by atoms with E-state index in [0.29, 0.717) is 0 Å². The minimum absolute atomic E-state index is 0.0881. The summed E-state index contributed by atoms with van der Waals surface area (Å²) in [6.45, 7) is 9.79. The molecule has 10 heavy (non-hydrogen) atoms. The van der Waals surface area contributed by atoms with Crippen molar-refractivity contribution in [3.8, 4) is 0 Å². The molecule has 0 aliphatic heterocycles. The number of nitrogens with zero attached hydrogens (tertiary/aromatic N) is 1. The van der Waals surface area contributed by atoms with Crippen molar-refractivity contribution in [2.24, 2.45) is 10.4 Å². The number of hydrogen-bond donors (Lipinski definition) is 1. The summed E-state index contributed by atoms with van der Waals surface area (Å²) < 4.78 is 0. The zero-order valence-corrected chi connectivity index (χ0v) is 7.23. The van der Waals surface area contributed by atoms with Crippen LogP contribution in [0.1, 0.15) is 20.8 Å². The molecule has 2 nitrogen and oxygen atoms in total. The summed E-state index contributed by atoms with van der Waals surface area (Å²) in [6, 6.07) is 0. The van der Waals surface area contributed by atoms with Gasteiger partial charge in [-0.1, -0.05) is 20.8 Å². The van der Waals surface area contributed by atoms with Crippen LogP contribution in [0.15, 0.2) is 16.9 Å². The lowest BCUT2D eigenvalue weighted by Gasteiger charge is -2.18. The van der Waals surface area contributed by atoms with Crippen LogP contribution in [0.4, 0.5) is 0 Å². The Morgan fingerprint density at radius 1 is 1.50 bits per heavy atom. The predicted molar refractivity (Wildman–Crippen MR) is 46.1 cm³/mol. The monoisotopic (exact) mass is 140 g/mol. The van der Waals surface area contributed by atoms with Crippen molar-refractivity contribution in [1.29, 1.82) is 0 Å². The number of rotatable bonds is 2. The second-order valence-corrected chi connectivity index (χ2v) is 3.23. The Kier molecular flexibility index (Phi) is 3.13. The molecule has 0 atom stereocenters. The summed E-state index contributed by atoms with van der Waals surface area (Å²) in [6.07, 6.45) is 1.87. The molecule has 0 saturated carbocycles. The third-order valence-electron chi connectivity index (χ3n) is 1.22. The molecular weight excluding hydrogens is 124 g/mol. The summed E-state index contributed by atoms with van der Waals surface area (Å²) in [4.78, 5) is 3.90. The fourth-order valence-corrected chi connectivity index (χ4v) is 0.636. The quantitative estimate of drug-likeness (QED) is 0.581. The fraction of sp³-hybridized carbons (Fsp3) is 0.625. The molecule has 0 fully saturated rings. The lowest BCUT2D eigenvalue weighted by molar-refractivity contribution is 0.495. The Hall–Kier alpha value is -0.790. The summed E-state index contributed by atoms with van der Waals surface area (Å²) in [7, 11) is 1.86. The molecule has 1 N–H and O–H groups in total. The highest BCUT2D eigenvalue weighted by molar-refractivity contribution is 5.30. The van der Waals surface area contributed by atoms with Gasteiger partial charge in [0.2, 0.25) is 0 Å². The zero-order chi connectivity index (χ0) is 8.20. The van der Waals surface area contributed by atoms with Gasteiger partial charge in [0.1, 0.15) is 0 Å². The van der Waals surface area contributed by atoms with Crippen molar-refractivity contribution in [1.82, 2.24) is 5.32 Å². The van der Waals surface area contributed by atoms with Crippen LogP contribution in [0.2, 0.25) is 0 Å². The molecule has 2 heteroatoms. The van der Waals surface area contributed by atoms with Crippen molar-refractivity contribution in [3.63, 3.8) is 0 Å². The van der Waals surface area contributed by atoms with Gasteiger partial charge >= 0.3 is 0 Å². The Labute approximate surface area is 63.0 Å². The van der Waals surface area contributed by atoms with E-state index in [1.54, 1.807) is 0 Å². The first-order valence-electron chi connectivity index (χ1n) is 3.37. The second-order valence-electron chi connectivity index (χ2n) is 3.23. The van der Waals surface area contributed by atoms with Gasteiger partial charge in [0.15, 0.2) is 0 Å². The maximum atomic E-state index is 3.90. The van der Waals surface area contributed by atoms with Crippen molar-refractivity contribution < 1.29 is 0 Å². The molecule has 0 amide bonds. The van der Waals surface area contributed by atoms with Gasteiger partial charge in [-0.25, -0.2) is 0 Å². The van der Waals surface area contributed by atoms with Gasteiger partial charge in [0, 0.05) is 18.7 Å². The van der Waals surface area contributed by atoms with Gasteiger partial charge in [0.25, 0.3) is 0 Å². The van der Waals surface area contributed by atoms with Crippen LogP contribution in [-0.4, -0.2) is 13.8 Å². The highest BCUT2D eigenvalue weighted by Crippen LogP contribution is 2.24. The SMILES string of the molecule is C=N/C(=C\NC)C(C)(C)C. The molecule has 0 spiro atoms. The maximum Gasteiger partial charge on any atom is 0.0605 e. The van der Waals surface area contributed by atoms with Crippen LogP contribution < -0.4 is 5.32 Å². The molecule has 0 saturated heterocycles. The van der Waals surface area contributed by atoms with E-state index in [1.807, 2.05) is 13.2 Å². The molecule has 0 unspecified atom stereocenters. The summed E-state index contributed by atoms with van der Waals surface area (Å²) in [5.74, 6) is 0. The third kappa shape index (κ3) is 2.67. The van der Waals surface area contributed by atoms with Gasteiger partial charge in [-0.05, 0) is 6.72 Å². The van der Waals surface area contributed by atoms with Crippen LogP contribution >= 0.6 is 0 Å². The third-order valence-corrected chi connectivity index (χ3v) is 1.22. The summed E-state index contributed by atoms with van der Waals surface area (Å²) >= 11 is 0. The lowest BCUT2D eigenvalue weighted by atomic mass is 9.93. The van der Waals surface area contributed by atoms with Crippen molar-refractivity contribution in [2.45, 2.75) is 20.8 Å². The molecular formula is C8H16N2. The average Bonchev–Trinajstić information content (AvgIpc) is 1.80. The maximum absolute atomic E-state index is 3.90. The minimum Gasteiger partial charge on any atom is -0.392 e.